The second-order valence-corrected chi connectivity index (χ2v) is 15.9. The second kappa shape index (κ2) is 8.44. The first kappa shape index (κ1) is 21.8. The third kappa shape index (κ3) is 8.24. The van der Waals surface area contributed by atoms with Crippen molar-refractivity contribution >= 4 is 63.0 Å². The molecule has 0 aromatic heterocycles. The molecule has 0 aromatic rings. The topological polar surface area (TPSA) is 99.4 Å². The van der Waals surface area contributed by atoms with Gasteiger partial charge in [0.05, 0.1) is 20.4 Å². The number of rotatable bonds is 8. The molecule has 1 aliphatic rings. The summed E-state index contributed by atoms with van der Waals surface area (Å²) in [7, 11) is 5.93. The van der Waals surface area contributed by atoms with E-state index in [2.05, 4.69) is 23.0 Å². The summed E-state index contributed by atoms with van der Waals surface area (Å²) in [6.07, 6.45) is 2.68. The molecule has 128 valence electrons. The van der Waals surface area contributed by atoms with Gasteiger partial charge in [-0.1, -0.05) is 32.0 Å². The van der Waals surface area contributed by atoms with Gasteiger partial charge >= 0.3 is 6.72 Å². The third-order valence-electron chi connectivity index (χ3n) is 3.48. The average Bonchev–Trinajstić information content (AvgIpc) is 2.62. The van der Waals surface area contributed by atoms with Crippen LogP contribution in [0.3, 0.4) is 0 Å². The van der Waals surface area contributed by atoms with E-state index in [4.69, 9.17) is 45.8 Å². The Hall–Kier alpha value is 1.77. The Kier molecular flexibility index (Phi) is 8.37. The normalized spacial score (nSPS) is 31.6. The molecule has 1 aliphatic carbocycles. The van der Waals surface area contributed by atoms with E-state index >= 15 is 0 Å². The predicted octanol–water partition coefficient (Wildman–Crippen LogP) is 2.18. The highest BCUT2D eigenvalue weighted by Crippen LogP contribution is 2.65. The zero-order valence-electron chi connectivity index (χ0n) is 12.0. The van der Waals surface area contributed by atoms with Gasteiger partial charge in [0.25, 0.3) is 0 Å². The van der Waals surface area contributed by atoms with Gasteiger partial charge in [-0.2, -0.15) is 0 Å². The molecule has 22 heavy (non-hydrogen) atoms. The quantitative estimate of drug-likeness (QED) is 0.345. The molecule has 2 radical (unpaired) electrons. The standard InChI is InChI=1S/C9H20BO6P3S3/c1-2-7-3-9(10)4-8(7)5-15-17(11,20)6-18(12,21)16-19(13,14)22/h7-9H,2-6H2,1H3,(H,11,20)(H,12,21)(H2,13,14,22). The van der Waals surface area contributed by atoms with Crippen molar-refractivity contribution in [3.63, 3.8) is 0 Å². The minimum atomic E-state index is -4.12. The maximum Gasteiger partial charge on any atom is 0.327 e. The lowest BCUT2D eigenvalue weighted by atomic mass is 9.85. The predicted molar refractivity (Wildman–Crippen MR) is 99.6 cm³/mol. The van der Waals surface area contributed by atoms with Gasteiger partial charge in [-0.15, -0.1) is 0 Å². The lowest BCUT2D eigenvalue weighted by Crippen LogP contribution is -2.14. The highest BCUT2D eigenvalue weighted by molar-refractivity contribution is 8.21. The Morgan fingerprint density at radius 2 is 1.59 bits per heavy atom. The largest absolute Gasteiger partial charge is 0.345 e. The van der Waals surface area contributed by atoms with Crippen LogP contribution >= 0.6 is 19.7 Å². The van der Waals surface area contributed by atoms with Crippen molar-refractivity contribution in [3.05, 3.63) is 0 Å². The molecule has 6 nitrogen and oxygen atoms in total. The van der Waals surface area contributed by atoms with Crippen molar-refractivity contribution in [3.8, 4) is 0 Å². The van der Waals surface area contributed by atoms with E-state index in [1.807, 2.05) is 0 Å². The third-order valence-corrected chi connectivity index (χ3v) is 12.4. The Morgan fingerprint density at radius 1 is 1.05 bits per heavy atom. The van der Waals surface area contributed by atoms with Crippen LogP contribution in [-0.2, 0) is 44.3 Å². The summed E-state index contributed by atoms with van der Waals surface area (Å²) in [6.45, 7) is -8.91. The molecular weight excluding hydrogens is 404 g/mol. The fourth-order valence-electron chi connectivity index (χ4n) is 2.63. The zero-order valence-corrected chi connectivity index (χ0v) is 17.1. The molecule has 0 spiro atoms. The smallest absolute Gasteiger partial charge is 0.327 e. The summed E-state index contributed by atoms with van der Waals surface area (Å²) in [5, 5.41) is 0. The highest BCUT2D eigenvalue weighted by atomic mass is 32.5. The van der Waals surface area contributed by atoms with E-state index in [0.717, 1.165) is 19.3 Å². The monoisotopic (exact) mass is 424 g/mol. The maximum absolute atomic E-state index is 10.1. The van der Waals surface area contributed by atoms with Crippen LogP contribution in [0.1, 0.15) is 26.2 Å². The van der Waals surface area contributed by atoms with Crippen LogP contribution in [0.2, 0.25) is 5.82 Å². The van der Waals surface area contributed by atoms with Crippen LogP contribution < -0.4 is 0 Å². The lowest BCUT2D eigenvalue weighted by molar-refractivity contribution is 0.211. The molecule has 4 N–H and O–H groups in total. The van der Waals surface area contributed by atoms with Gasteiger partial charge in [-0.25, -0.2) is 0 Å². The molecule has 5 atom stereocenters. The first-order valence-corrected chi connectivity index (χ1v) is 15.0. The zero-order chi connectivity index (χ0) is 17.2. The van der Waals surface area contributed by atoms with Gasteiger partial charge in [0.15, 0.2) is 6.49 Å². The molecule has 0 heterocycles. The van der Waals surface area contributed by atoms with Gasteiger partial charge in [-0.3, -0.25) is 4.31 Å². The van der Waals surface area contributed by atoms with Gasteiger partial charge in [0, 0.05) is 0 Å². The van der Waals surface area contributed by atoms with Crippen LogP contribution in [0.25, 0.3) is 0 Å². The Morgan fingerprint density at radius 3 is 2.09 bits per heavy atom. The summed E-state index contributed by atoms with van der Waals surface area (Å²) < 4.78 is 9.92. The van der Waals surface area contributed by atoms with Crippen molar-refractivity contribution in [2.45, 2.75) is 32.0 Å². The first-order chi connectivity index (χ1) is 9.84. The molecule has 0 aliphatic heterocycles. The minimum absolute atomic E-state index is 0.122. The van der Waals surface area contributed by atoms with Crippen LogP contribution in [0, 0.1) is 11.8 Å². The summed E-state index contributed by atoms with van der Waals surface area (Å²) >= 11 is 14.0. The summed E-state index contributed by atoms with van der Waals surface area (Å²) in [6, 6.07) is 0. The molecule has 1 fully saturated rings. The highest BCUT2D eigenvalue weighted by Gasteiger charge is 2.34. The lowest BCUT2D eigenvalue weighted by Gasteiger charge is -2.25. The van der Waals surface area contributed by atoms with Gasteiger partial charge in [0.1, 0.15) is 0 Å². The Bertz CT molecular complexity index is 529. The van der Waals surface area contributed by atoms with Crippen molar-refractivity contribution in [2.24, 2.45) is 11.8 Å². The average molecular weight is 424 g/mol. The van der Waals surface area contributed by atoms with E-state index in [0.29, 0.717) is 5.92 Å². The molecule has 0 saturated heterocycles. The van der Waals surface area contributed by atoms with E-state index in [1.54, 1.807) is 0 Å². The summed E-state index contributed by atoms with van der Waals surface area (Å²) in [5.41, 5.74) is 0. The summed E-state index contributed by atoms with van der Waals surface area (Å²) in [5.74, 6) is 0.226. The van der Waals surface area contributed by atoms with E-state index in [1.165, 1.54) is 0 Å². The van der Waals surface area contributed by atoms with Crippen molar-refractivity contribution < 1.29 is 28.4 Å². The van der Waals surface area contributed by atoms with E-state index in [9.17, 15) is 9.79 Å². The molecule has 0 amide bonds. The first-order valence-electron chi connectivity index (χ1n) is 6.64. The Balaban J connectivity index is 2.59. The second-order valence-electron chi connectivity index (χ2n) is 5.44. The van der Waals surface area contributed by atoms with Crippen molar-refractivity contribution in [1.29, 1.82) is 0 Å². The van der Waals surface area contributed by atoms with Crippen LogP contribution in [-0.4, -0.2) is 39.9 Å². The van der Waals surface area contributed by atoms with Gasteiger partial charge < -0.3 is 24.1 Å². The van der Waals surface area contributed by atoms with Crippen LogP contribution in [0.4, 0.5) is 0 Å². The van der Waals surface area contributed by atoms with E-state index < -0.39 is 25.6 Å². The number of hydrogen-bond donors (Lipinski definition) is 4. The maximum atomic E-state index is 10.1. The molecule has 1 saturated carbocycles. The molecule has 13 heteroatoms. The Labute approximate surface area is 147 Å². The van der Waals surface area contributed by atoms with Crippen LogP contribution in [0.15, 0.2) is 0 Å². The van der Waals surface area contributed by atoms with Gasteiger partial charge in [-0.05, 0) is 47.3 Å². The molecule has 0 aromatic carbocycles. The minimum Gasteiger partial charge on any atom is -0.345 e. The molecule has 5 unspecified atom stereocenters. The van der Waals surface area contributed by atoms with Crippen molar-refractivity contribution in [1.82, 2.24) is 0 Å². The van der Waals surface area contributed by atoms with Crippen molar-refractivity contribution in [2.75, 3.05) is 12.5 Å². The summed E-state index contributed by atoms with van der Waals surface area (Å²) in [4.78, 5) is 38.1. The molecule has 0 bridgehead atoms. The SMILES string of the molecule is [B]C1CC(CC)C(COP(O)(=S)CP(O)(=S)OP(O)(O)=S)C1. The molecule has 1 rings (SSSR count). The number of hydrogen-bond acceptors (Lipinski definition) is 5. The van der Waals surface area contributed by atoms with Gasteiger partial charge in [0.2, 0.25) is 6.49 Å². The van der Waals surface area contributed by atoms with E-state index in [-0.39, 0.29) is 18.3 Å². The fraction of sp³-hybridized carbons (Fsp3) is 1.00. The molecular formula is C9H20BO6P3S3. The fourth-order valence-corrected chi connectivity index (χ4v) is 13.1. The van der Waals surface area contributed by atoms with Crippen LogP contribution in [0.5, 0.6) is 0 Å².